The van der Waals surface area contributed by atoms with E-state index >= 15 is 0 Å². The molecule has 0 fully saturated rings. The Bertz CT molecular complexity index is 273. The highest BCUT2D eigenvalue weighted by Gasteiger charge is 2.21. The Balaban J connectivity index is 2.87. The van der Waals surface area contributed by atoms with E-state index in [1.807, 2.05) is 27.7 Å². The first-order chi connectivity index (χ1) is 5.95. The van der Waals surface area contributed by atoms with Crippen LogP contribution in [0.4, 0.5) is 0 Å². The van der Waals surface area contributed by atoms with Gasteiger partial charge in [0.05, 0.1) is 12.3 Å². The van der Waals surface area contributed by atoms with Crippen LogP contribution in [0, 0.1) is 0 Å². The van der Waals surface area contributed by atoms with Crippen LogP contribution >= 0.6 is 0 Å². The molecular formula is C10H17NO2. The van der Waals surface area contributed by atoms with Crippen molar-refractivity contribution >= 4 is 0 Å². The monoisotopic (exact) mass is 183 g/mol. The number of oxazole rings is 1. The quantitative estimate of drug-likeness (QED) is 0.763. The van der Waals surface area contributed by atoms with Crippen LogP contribution < -0.4 is 0 Å². The van der Waals surface area contributed by atoms with Crippen molar-refractivity contribution in [2.75, 3.05) is 6.61 Å². The maximum atomic E-state index is 8.92. The number of aliphatic hydroxyl groups excluding tert-OH is 1. The van der Waals surface area contributed by atoms with Gasteiger partial charge >= 0.3 is 0 Å². The Morgan fingerprint density at radius 3 is 2.54 bits per heavy atom. The van der Waals surface area contributed by atoms with Crippen LogP contribution in [0.2, 0.25) is 0 Å². The van der Waals surface area contributed by atoms with Crippen molar-refractivity contribution in [1.82, 2.24) is 4.98 Å². The Morgan fingerprint density at radius 2 is 2.15 bits per heavy atom. The van der Waals surface area contributed by atoms with Crippen LogP contribution in [-0.4, -0.2) is 16.7 Å². The van der Waals surface area contributed by atoms with Crippen LogP contribution in [0.5, 0.6) is 0 Å². The molecule has 0 radical (unpaired) electrons. The zero-order chi connectivity index (χ0) is 10.1. The molecule has 0 bridgehead atoms. The third-order valence-electron chi connectivity index (χ3n) is 1.94. The predicted octanol–water partition coefficient (Wildman–Crippen LogP) is 2.07. The van der Waals surface area contributed by atoms with Gasteiger partial charge in [0.2, 0.25) is 0 Å². The van der Waals surface area contributed by atoms with Crippen LogP contribution in [0.1, 0.15) is 45.2 Å². The molecule has 0 saturated carbocycles. The summed E-state index contributed by atoms with van der Waals surface area (Å²) in [5, 5.41) is 8.92. The summed E-state index contributed by atoms with van der Waals surface area (Å²) in [7, 11) is 0. The topological polar surface area (TPSA) is 46.3 Å². The number of aromatic nitrogens is 1. The summed E-state index contributed by atoms with van der Waals surface area (Å²) >= 11 is 0. The third kappa shape index (κ3) is 2.31. The maximum absolute atomic E-state index is 8.92. The molecule has 1 unspecified atom stereocenters. The second kappa shape index (κ2) is 3.50. The van der Waals surface area contributed by atoms with Gasteiger partial charge in [-0.2, -0.15) is 0 Å². The van der Waals surface area contributed by atoms with Crippen LogP contribution in [0.25, 0.3) is 0 Å². The minimum atomic E-state index is -0.0621. The Labute approximate surface area is 78.8 Å². The molecule has 74 valence electrons. The van der Waals surface area contributed by atoms with E-state index in [-0.39, 0.29) is 17.9 Å². The van der Waals surface area contributed by atoms with Gasteiger partial charge in [0.1, 0.15) is 6.26 Å². The number of hydrogen-bond acceptors (Lipinski definition) is 3. The smallest absolute Gasteiger partial charge is 0.199 e. The average Bonchev–Trinajstić information content (AvgIpc) is 2.50. The van der Waals surface area contributed by atoms with Crippen LogP contribution in [0.15, 0.2) is 10.7 Å². The van der Waals surface area contributed by atoms with Crippen molar-refractivity contribution in [2.24, 2.45) is 0 Å². The van der Waals surface area contributed by atoms with E-state index in [1.54, 1.807) is 6.26 Å². The zero-order valence-corrected chi connectivity index (χ0v) is 8.66. The zero-order valence-electron chi connectivity index (χ0n) is 8.66. The largest absolute Gasteiger partial charge is 0.448 e. The van der Waals surface area contributed by atoms with E-state index in [2.05, 4.69) is 4.98 Å². The first kappa shape index (κ1) is 10.3. The molecule has 0 saturated heterocycles. The summed E-state index contributed by atoms with van der Waals surface area (Å²) in [4.78, 5) is 4.33. The van der Waals surface area contributed by atoms with Gasteiger partial charge in [-0.05, 0) is 0 Å². The molecule has 1 aromatic heterocycles. The second-order valence-electron chi connectivity index (χ2n) is 4.41. The van der Waals surface area contributed by atoms with Gasteiger partial charge in [-0.3, -0.25) is 0 Å². The van der Waals surface area contributed by atoms with Crippen molar-refractivity contribution in [3.05, 3.63) is 17.8 Å². The van der Waals surface area contributed by atoms with Gasteiger partial charge in [-0.25, -0.2) is 4.98 Å². The molecule has 13 heavy (non-hydrogen) atoms. The second-order valence-corrected chi connectivity index (χ2v) is 4.41. The molecule has 0 spiro atoms. The van der Waals surface area contributed by atoms with Gasteiger partial charge in [-0.1, -0.05) is 27.7 Å². The molecule has 1 atom stereocenters. The van der Waals surface area contributed by atoms with Gasteiger partial charge in [-0.15, -0.1) is 0 Å². The lowest BCUT2D eigenvalue weighted by atomic mass is 9.97. The Morgan fingerprint density at radius 1 is 1.54 bits per heavy atom. The summed E-state index contributed by atoms with van der Waals surface area (Å²) in [5.41, 5.74) is 0.764. The highest BCUT2D eigenvalue weighted by Crippen LogP contribution is 2.23. The molecule has 0 aliphatic heterocycles. The lowest BCUT2D eigenvalue weighted by Crippen LogP contribution is -2.12. The summed E-state index contributed by atoms with van der Waals surface area (Å²) in [6.07, 6.45) is 1.63. The molecule has 1 heterocycles. The minimum Gasteiger partial charge on any atom is -0.448 e. The normalized spacial score (nSPS) is 14.5. The van der Waals surface area contributed by atoms with Crippen molar-refractivity contribution in [3.63, 3.8) is 0 Å². The van der Waals surface area contributed by atoms with Crippen molar-refractivity contribution < 1.29 is 9.52 Å². The fraction of sp³-hybridized carbons (Fsp3) is 0.700. The molecular weight excluding hydrogens is 166 g/mol. The van der Waals surface area contributed by atoms with Crippen molar-refractivity contribution in [2.45, 2.75) is 39.0 Å². The van der Waals surface area contributed by atoms with Crippen molar-refractivity contribution in [3.8, 4) is 0 Å². The van der Waals surface area contributed by atoms with E-state index in [4.69, 9.17) is 9.52 Å². The van der Waals surface area contributed by atoms with E-state index in [1.165, 1.54) is 0 Å². The molecule has 1 rings (SSSR count). The van der Waals surface area contributed by atoms with E-state index in [9.17, 15) is 0 Å². The third-order valence-corrected chi connectivity index (χ3v) is 1.94. The van der Waals surface area contributed by atoms with E-state index in [0.717, 1.165) is 11.6 Å². The Hall–Kier alpha value is -0.830. The molecule has 1 N–H and O–H groups in total. The number of nitrogens with zero attached hydrogens (tertiary/aromatic N) is 1. The first-order valence-corrected chi connectivity index (χ1v) is 4.52. The summed E-state index contributed by atoms with van der Waals surface area (Å²) in [5.74, 6) is 0.780. The maximum Gasteiger partial charge on any atom is 0.199 e. The number of aliphatic hydroxyl groups is 1. The van der Waals surface area contributed by atoms with Gasteiger partial charge in [0, 0.05) is 11.3 Å². The van der Waals surface area contributed by atoms with Crippen molar-refractivity contribution in [1.29, 1.82) is 0 Å². The molecule has 3 nitrogen and oxygen atoms in total. The SMILES string of the molecule is CC(CO)c1coc(C(C)(C)C)n1. The van der Waals surface area contributed by atoms with Gasteiger partial charge in [0.15, 0.2) is 5.89 Å². The molecule has 0 aromatic carbocycles. The average molecular weight is 183 g/mol. The van der Waals surface area contributed by atoms with E-state index < -0.39 is 0 Å². The number of rotatable bonds is 2. The summed E-state index contributed by atoms with van der Waals surface area (Å²) in [6, 6.07) is 0. The summed E-state index contributed by atoms with van der Waals surface area (Å²) < 4.78 is 5.33. The van der Waals surface area contributed by atoms with Crippen LogP contribution in [0.3, 0.4) is 0 Å². The molecule has 3 heteroatoms. The molecule has 1 aromatic rings. The molecule has 0 aliphatic carbocycles. The predicted molar refractivity (Wildman–Crippen MR) is 50.7 cm³/mol. The lowest BCUT2D eigenvalue weighted by Gasteiger charge is -2.12. The minimum absolute atomic E-state index is 0.0554. The standard InChI is InChI=1S/C10H17NO2/c1-7(5-12)8-6-13-9(11-8)10(2,3)4/h6-7,12H,5H2,1-4H3. The molecule has 0 aliphatic rings. The number of hydrogen-bond donors (Lipinski definition) is 1. The fourth-order valence-corrected chi connectivity index (χ4v) is 0.951. The highest BCUT2D eigenvalue weighted by atomic mass is 16.3. The fourth-order valence-electron chi connectivity index (χ4n) is 0.951. The summed E-state index contributed by atoms with van der Waals surface area (Å²) in [6.45, 7) is 8.17. The lowest BCUT2D eigenvalue weighted by molar-refractivity contribution is 0.271. The van der Waals surface area contributed by atoms with E-state index in [0.29, 0.717) is 0 Å². The van der Waals surface area contributed by atoms with Crippen LogP contribution in [-0.2, 0) is 5.41 Å². The highest BCUT2D eigenvalue weighted by molar-refractivity contribution is 5.07. The first-order valence-electron chi connectivity index (χ1n) is 4.52. The van der Waals surface area contributed by atoms with Gasteiger partial charge in [0.25, 0.3) is 0 Å². The molecule has 0 amide bonds. The Kier molecular flexibility index (Phi) is 2.76. The van der Waals surface area contributed by atoms with Gasteiger partial charge < -0.3 is 9.52 Å².